The normalized spacial score (nSPS) is 15.1. The monoisotopic (exact) mass is 894 g/mol. The quantitative estimate of drug-likeness (QED) is 0.156. The SMILES string of the molecule is Cc1ccc(-c2cc3c4c(c2)N(c2ccc(C(C)(C)C)cc2-c2ccc(C(C)(C)C)cc2)c2ccc(C(C)(C)C)cc2B4c2cc(C(C)(C)C)ccc2CC3Cc2ccc(C(C)(C)C)cc2)cc1. The van der Waals surface area contributed by atoms with Crippen molar-refractivity contribution in [2.75, 3.05) is 4.90 Å². The summed E-state index contributed by atoms with van der Waals surface area (Å²) in [4.78, 5) is 2.68. The molecule has 2 aliphatic rings. The van der Waals surface area contributed by atoms with Crippen LogP contribution in [0, 0.1) is 6.92 Å². The Morgan fingerprint density at radius 2 is 0.897 bits per heavy atom. The number of hydrogen-bond donors (Lipinski definition) is 0. The summed E-state index contributed by atoms with van der Waals surface area (Å²) in [7, 11) is 0. The van der Waals surface area contributed by atoms with Crippen molar-refractivity contribution in [2.45, 2.75) is 157 Å². The maximum atomic E-state index is 2.68. The zero-order chi connectivity index (χ0) is 48.9. The Balaban J connectivity index is 1.41. The van der Waals surface area contributed by atoms with Gasteiger partial charge in [0.05, 0.1) is 5.69 Å². The van der Waals surface area contributed by atoms with Crippen LogP contribution in [0.25, 0.3) is 22.3 Å². The van der Waals surface area contributed by atoms with Gasteiger partial charge in [0.25, 0.3) is 0 Å². The van der Waals surface area contributed by atoms with E-state index in [0.29, 0.717) is 0 Å². The van der Waals surface area contributed by atoms with Crippen LogP contribution in [0.5, 0.6) is 0 Å². The van der Waals surface area contributed by atoms with Crippen molar-refractivity contribution in [2.24, 2.45) is 0 Å². The maximum absolute atomic E-state index is 2.68. The number of anilines is 3. The molecule has 7 aromatic rings. The Kier molecular flexibility index (Phi) is 11.7. The molecule has 0 N–H and O–H groups in total. The first-order valence-corrected chi connectivity index (χ1v) is 25.4. The third kappa shape index (κ3) is 9.06. The first kappa shape index (κ1) is 47.5. The van der Waals surface area contributed by atoms with Gasteiger partial charge in [-0.15, -0.1) is 0 Å². The van der Waals surface area contributed by atoms with Gasteiger partial charge in [-0.3, -0.25) is 0 Å². The van der Waals surface area contributed by atoms with Gasteiger partial charge in [0.2, 0.25) is 6.71 Å². The summed E-state index contributed by atoms with van der Waals surface area (Å²) < 4.78 is 0. The molecule has 68 heavy (non-hydrogen) atoms. The average Bonchev–Trinajstić information content (AvgIpc) is 3.39. The minimum Gasteiger partial charge on any atom is -0.311 e. The molecule has 348 valence electrons. The van der Waals surface area contributed by atoms with Crippen LogP contribution in [0.2, 0.25) is 0 Å². The molecule has 0 saturated carbocycles. The zero-order valence-electron chi connectivity index (χ0n) is 44.3. The van der Waals surface area contributed by atoms with Gasteiger partial charge in [-0.05, 0) is 144 Å². The molecule has 1 nitrogen and oxygen atoms in total. The lowest BCUT2D eigenvalue weighted by molar-refractivity contribution is 0.589. The second-order valence-electron chi connectivity index (χ2n) is 25.7. The van der Waals surface area contributed by atoms with Gasteiger partial charge in [0.1, 0.15) is 0 Å². The van der Waals surface area contributed by atoms with Crippen LogP contribution >= 0.6 is 0 Å². The third-order valence-corrected chi connectivity index (χ3v) is 15.2. The number of fused-ring (bicyclic) bond motifs is 4. The molecule has 0 aromatic heterocycles. The van der Waals surface area contributed by atoms with E-state index >= 15 is 0 Å². The minimum atomic E-state index is -0.0326. The molecule has 0 amide bonds. The second-order valence-corrected chi connectivity index (χ2v) is 25.7. The summed E-state index contributed by atoms with van der Waals surface area (Å²) in [6, 6.07) is 55.7. The predicted molar refractivity (Wildman–Crippen MR) is 298 cm³/mol. The van der Waals surface area contributed by atoms with E-state index in [1.165, 1.54) is 106 Å². The molecule has 1 unspecified atom stereocenters. The Morgan fingerprint density at radius 1 is 0.426 bits per heavy atom. The van der Waals surface area contributed by atoms with Crippen LogP contribution < -0.4 is 21.3 Å². The Bertz CT molecular complexity index is 3000. The highest BCUT2D eigenvalue weighted by Gasteiger charge is 2.43. The number of nitrogens with zero attached hydrogens (tertiary/aromatic N) is 1. The van der Waals surface area contributed by atoms with Crippen LogP contribution in [0.3, 0.4) is 0 Å². The first-order chi connectivity index (χ1) is 31.8. The lowest BCUT2D eigenvalue weighted by Gasteiger charge is -2.41. The fraction of sp³-hybridized carbons (Fsp3) is 0.364. The standard InChI is InChI=1S/C66H76BN/c1-42-17-21-44(22-18-42)47-37-55-48(35-43-19-26-49(27-20-43)62(2,3)4)36-46-25-30-52(65(11,12)13)40-56(46)67-57-41-53(66(14,15)16)32-34-59(57)68(60(38-47)61(55)67)58-33-31-51(64(8,9)10)39-54(58)45-23-28-50(29-24-45)63(5,6)7/h17-34,37-41,48H,35-36H2,1-16H3. The number of benzene rings is 7. The number of rotatable bonds is 5. The highest BCUT2D eigenvalue weighted by atomic mass is 15.2. The summed E-state index contributed by atoms with van der Waals surface area (Å²) >= 11 is 0. The van der Waals surface area contributed by atoms with E-state index < -0.39 is 0 Å². The fourth-order valence-corrected chi connectivity index (χ4v) is 10.8. The largest absolute Gasteiger partial charge is 0.311 e. The summed E-state index contributed by atoms with van der Waals surface area (Å²) in [5.41, 5.74) is 25.6. The van der Waals surface area contributed by atoms with Crippen LogP contribution in [0.15, 0.2) is 140 Å². The van der Waals surface area contributed by atoms with E-state index in [0.717, 1.165) is 12.8 Å². The molecule has 0 saturated heterocycles. The second kappa shape index (κ2) is 16.8. The minimum absolute atomic E-state index is 0.000472. The lowest BCUT2D eigenvalue weighted by atomic mass is 9.33. The Morgan fingerprint density at radius 3 is 1.46 bits per heavy atom. The van der Waals surface area contributed by atoms with Crippen LogP contribution in [-0.4, -0.2) is 6.71 Å². The van der Waals surface area contributed by atoms with Crippen molar-refractivity contribution in [3.05, 3.63) is 190 Å². The highest BCUT2D eigenvalue weighted by Crippen LogP contribution is 2.47. The average molecular weight is 894 g/mol. The molecule has 0 aliphatic carbocycles. The molecule has 9 rings (SSSR count). The molecular weight excluding hydrogens is 818 g/mol. The van der Waals surface area contributed by atoms with Crippen LogP contribution in [-0.2, 0) is 39.9 Å². The maximum Gasteiger partial charge on any atom is 0.247 e. The summed E-state index contributed by atoms with van der Waals surface area (Å²) in [6.45, 7) is 37.4. The smallest absolute Gasteiger partial charge is 0.247 e. The predicted octanol–water partition coefficient (Wildman–Crippen LogP) is 16.0. The summed E-state index contributed by atoms with van der Waals surface area (Å²) in [6.07, 6.45) is 1.93. The molecule has 0 fully saturated rings. The van der Waals surface area contributed by atoms with Crippen molar-refractivity contribution in [3.63, 3.8) is 0 Å². The fourth-order valence-electron chi connectivity index (χ4n) is 10.8. The third-order valence-electron chi connectivity index (χ3n) is 15.2. The number of aryl methyl sites for hydroxylation is 1. The van der Waals surface area contributed by atoms with Gasteiger partial charge in [-0.2, -0.15) is 0 Å². The van der Waals surface area contributed by atoms with Gasteiger partial charge in [-0.25, -0.2) is 0 Å². The van der Waals surface area contributed by atoms with Crippen molar-refractivity contribution in [1.82, 2.24) is 0 Å². The lowest BCUT2D eigenvalue weighted by Crippen LogP contribution is -2.59. The molecule has 2 heteroatoms. The number of hydrogen-bond acceptors (Lipinski definition) is 1. The molecular formula is C66H76BN. The molecule has 2 aliphatic heterocycles. The molecule has 1 atom stereocenters. The Labute approximate surface area is 411 Å². The van der Waals surface area contributed by atoms with Gasteiger partial charge >= 0.3 is 0 Å². The molecule has 7 aromatic carbocycles. The highest BCUT2D eigenvalue weighted by molar-refractivity contribution is 6.98. The van der Waals surface area contributed by atoms with E-state index in [4.69, 9.17) is 0 Å². The zero-order valence-corrected chi connectivity index (χ0v) is 44.3. The van der Waals surface area contributed by atoms with Gasteiger partial charge in [0.15, 0.2) is 0 Å². The van der Waals surface area contributed by atoms with Crippen molar-refractivity contribution >= 4 is 40.2 Å². The van der Waals surface area contributed by atoms with Gasteiger partial charge < -0.3 is 4.90 Å². The van der Waals surface area contributed by atoms with Crippen molar-refractivity contribution in [1.29, 1.82) is 0 Å². The Hall–Kier alpha value is -5.60. The van der Waals surface area contributed by atoms with Crippen LogP contribution in [0.1, 0.15) is 160 Å². The summed E-state index contributed by atoms with van der Waals surface area (Å²) in [5.74, 6) is 0.251. The van der Waals surface area contributed by atoms with Crippen molar-refractivity contribution < 1.29 is 0 Å². The van der Waals surface area contributed by atoms with E-state index in [-0.39, 0.29) is 39.7 Å². The van der Waals surface area contributed by atoms with E-state index in [1.54, 1.807) is 0 Å². The molecule has 0 radical (unpaired) electrons. The van der Waals surface area contributed by atoms with E-state index in [9.17, 15) is 0 Å². The molecule has 2 heterocycles. The first-order valence-electron chi connectivity index (χ1n) is 25.4. The van der Waals surface area contributed by atoms with Gasteiger partial charge in [-0.1, -0.05) is 236 Å². The van der Waals surface area contributed by atoms with Crippen LogP contribution in [0.4, 0.5) is 17.1 Å². The van der Waals surface area contributed by atoms with Gasteiger partial charge in [0, 0.05) is 16.9 Å². The van der Waals surface area contributed by atoms with Crippen molar-refractivity contribution in [3.8, 4) is 22.3 Å². The van der Waals surface area contributed by atoms with E-state index in [1.807, 2.05) is 0 Å². The topological polar surface area (TPSA) is 3.24 Å². The molecule has 0 bridgehead atoms. The van der Waals surface area contributed by atoms with E-state index in [2.05, 4.69) is 255 Å². The molecule has 0 spiro atoms. The summed E-state index contributed by atoms with van der Waals surface area (Å²) in [5, 5.41) is 0.